The second-order valence-electron chi connectivity index (χ2n) is 5.78. The maximum absolute atomic E-state index is 12.9. The summed E-state index contributed by atoms with van der Waals surface area (Å²) in [7, 11) is 1.57. The zero-order valence-electron chi connectivity index (χ0n) is 14.2. The predicted molar refractivity (Wildman–Crippen MR) is 90.9 cm³/mol. The van der Waals surface area contributed by atoms with Gasteiger partial charge in [0, 0.05) is 30.5 Å². The van der Waals surface area contributed by atoms with Crippen molar-refractivity contribution < 1.29 is 13.6 Å². The number of aryl methyl sites for hydroxylation is 3. The number of alkyl halides is 2. The topological polar surface area (TPSA) is 63.9 Å². The molecule has 0 atom stereocenters. The molecule has 0 aromatic carbocycles. The number of nitrogens with zero attached hydrogens (tertiary/aromatic N) is 5. The number of carbonyl (C=O) groups is 1. The van der Waals surface area contributed by atoms with Gasteiger partial charge in [-0.15, -0.1) is 11.3 Å². The number of amides is 1. The number of hydrogen-bond donors (Lipinski definition) is 0. The number of carbonyl (C=O) groups excluding carboxylic acids is 1. The van der Waals surface area contributed by atoms with Gasteiger partial charge in [-0.1, -0.05) is 0 Å². The molecule has 0 N–H and O–H groups in total. The van der Waals surface area contributed by atoms with E-state index in [1.165, 1.54) is 28.6 Å². The van der Waals surface area contributed by atoms with Crippen LogP contribution in [-0.2, 0) is 6.54 Å². The van der Waals surface area contributed by atoms with Crippen molar-refractivity contribution in [3.05, 3.63) is 40.2 Å². The van der Waals surface area contributed by atoms with Gasteiger partial charge in [-0.3, -0.25) is 9.36 Å². The van der Waals surface area contributed by atoms with E-state index in [0.29, 0.717) is 10.7 Å². The first-order valence-electron chi connectivity index (χ1n) is 7.59. The van der Waals surface area contributed by atoms with E-state index in [4.69, 9.17) is 0 Å². The molecule has 0 aliphatic carbocycles. The molecule has 0 saturated carbocycles. The highest BCUT2D eigenvalue weighted by molar-refractivity contribution is 7.20. The van der Waals surface area contributed by atoms with Crippen molar-refractivity contribution in [2.24, 2.45) is 0 Å². The van der Waals surface area contributed by atoms with Gasteiger partial charge >= 0.3 is 6.55 Å². The minimum atomic E-state index is -2.69. The van der Waals surface area contributed by atoms with Gasteiger partial charge in [0.15, 0.2) is 0 Å². The fourth-order valence-electron chi connectivity index (χ4n) is 2.78. The highest BCUT2D eigenvalue weighted by Crippen LogP contribution is 2.32. The van der Waals surface area contributed by atoms with Gasteiger partial charge in [0.2, 0.25) is 0 Å². The Morgan fingerprint density at radius 2 is 2.04 bits per heavy atom. The van der Waals surface area contributed by atoms with Crippen LogP contribution in [0.3, 0.4) is 0 Å². The number of imidazole rings is 1. The molecule has 0 aliphatic heterocycles. The number of thiophene rings is 1. The number of rotatable bonds is 4. The Morgan fingerprint density at radius 1 is 1.32 bits per heavy atom. The molecule has 0 unspecified atom stereocenters. The summed E-state index contributed by atoms with van der Waals surface area (Å²) in [6.07, 6.45) is 2.50. The third-order valence-electron chi connectivity index (χ3n) is 3.96. The van der Waals surface area contributed by atoms with Crippen LogP contribution < -0.4 is 0 Å². The second-order valence-corrected chi connectivity index (χ2v) is 6.78. The molecule has 0 bridgehead atoms. The molecule has 9 heteroatoms. The Kier molecular flexibility index (Phi) is 4.51. The molecule has 132 valence electrons. The molecule has 3 aromatic heterocycles. The average molecular weight is 365 g/mol. The van der Waals surface area contributed by atoms with E-state index in [-0.39, 0.29) is 18.3 Å². The molecular weight excluding hydrogens is 348 g/mol. The molecule has 0 saturated heterocycles. The van der Waals surface area contributed by atoms with E-state index < -0.39 is 6.55 Å². The minimum absolute atomic E-state index is 0.00640. The smallest absolute Gasteiger partial charge is 0.319 e. The Bertz CT molecular complexity index is 950. The molecule has 3 aromatic rings. The summed E-state index contributed by atoms with van der Waals surface area (Å²) in [6, 6.07) is 0. The van der Waals surface area contributed by atoms with Crippen molar-refractivity contribution in [3.8, 4) is 0 Å². The van der Waals surface area contributed by atoms with Crippen LogP contribution in [0.1, 0.15) is 39.1 Å². The van der Waals surface area contributed by atoms with Crippen LogP contribution in [0.4, 0.5) is 8.78 Å². The van der Waals surface area contributed by atoms with Crippen molar-refractivity contribution >= 4 is 27.5 Å². The molecule has 0 radical (unpaired) electrons. The minimum Gasteiger partial charge on any atom is -0.334 e. The summed E-state index contributed by atoms with van der Waals surface area (Å²) >= 11 is 1.29. The summed E-state index contributed by atoms with van der Waals surface area (Å²) in [5, 5.41) is 0.876. The summed E-state index contributed by atoms with van der Waals surface area (Å²) in [6.45, 7) is 2.85. The standard InChI is InChI=1S/C16H17F2N5OS/c1-8-12-9(2)20-10(3)21-14(12)25-13(8)15(24)22(4)7-11-19-5-6-23(11)16(17)18/h5-6,16H,7H2,1-4H3. The predicted octanol–water partition coefficient (Wildman–Crippen LogP) is 3.48. The Labute approximate surface area is 147 Å². The van der Waals surface area contributed by atoms with Gasteiger partial charge in [-0.25, -0.2) is 15.0 Å². The number of hydrogen-bond acceptors (Lipinski definition) is 5. The summed E-state index contributed by atoms with van der Waals surface area (Å²) in [5.41, 5.74) is 1.64. The van der Waals surface area contributed by atoms with Crippen LogP contribution in [0.15, 0.2) is 12.4 Å². The quantitative estimate of drug-likeness (QED) is 0.710. The summed E-state index contributed by atoms with van der Waals surface area (Å²) in [5.74, 6) is 0.537. The maximum atomic E-state index is 12.9. The van der Waals surface area contributed by atoms with Gasteiger partial charge in [-0.05, 0) is 26.3 Å². The molecule has 25 heavy (non-hydrogen) atoms. The van der Waals surface area contributed by atoms with Crippen LogP contribution in [0, 0.1) is 20.8 Å². The molecule has 0 spiro atoms. The third-order valence-corrected chi connectivity index (χ3v) is 5.14. The van der Waals surface area contributed by atoms with Crippen molar-refractivity contribution in [3.63, 3.8) is 0 Å². The molecule has 3 heterocycles. The van der Waals surface area contributed by atoms with Crippen LogP contribution in [0.5, 0.6) is 0 Å². The average Bonchev–Trinajstić information content (AvgIpc) is 3.11. The van der Waals surface area contributed by atoms with E-state index in [9.17, 15) is 13.6 Å². The Balaban J connectivity index is 1.92. The second kappa shape index (κ2) is 6.47. The molecule has 1 amide bonds. The molecule has 3 rings (SSSR count). The first-order chi connectivity index (χ1) is 11.8. The molecular formula is C16H17F2N5OS. The SMILES string of the molecule is Cc1nc(C)c2c(C)c(C(=O)N(C)Cc3nccn3C(F)F)sc2n1. The van der Waals surface area contributed by atoms with Gasteiger partial charge in [0.1, 0.15) is 16.5 Å². The number of halogens is 2. The van der Waals surface area contributed by atoms with Gasteiger partial charge < -0.3 is 4.90 Å². The monoisotopic (exact) mass is 365 g/mol. The summed E-state index contributed by atoms with van der Waals surface area (Å²) < 4.78 is 26.6. The third kappa shape index (κ3) is 3.11. The van der Waals surface area contributed by atoms with E-state index in [0.717, 1.165) is 26.0 Å². The van der Waals surface area contributed by atoms with Crippen molar-refractivity contribution in [2.75, 3.05) is 7.05 Å². The van der Waals surface area contributed by atoms with E-state index in [2.05, 4.69) is 15.0 Å². The van der Waals surface area contributed by atoms with Crippen molar-refractivity contribution in [2.45, 2.75) is 33.9 Å². The van der Waals surface area contributed by atoms with Crippen LogP contribution in [0.25, 0.3) is 10.2 Å². The van der Waals surface area contributed by atoms with Gasteiger partial charge in [-0.2, -0.15) is 8.78 Å². The lowest BCUT2D eigenvalue weighted by atomic mass is 10.1. The van der Waals surface area contributed by atoms with Crippen molar-refractivity contribution in [1.29, 1.82) is 0 Å². The van der Waals surface area contributed by atoms with Crippen molar-refractivity contribution in [1.82, 2.24) is 24.4 Å². The van der Waals surface area contributed by atoms with E-state index >= 15 is 0 Å². The lowest BCUT2D eigenvalue weighted by Crippen LogP contribution is -2.27. The zero-order chi connectivity index (χ0) is 18.3. The first-order valence-corrected chi connectivity index (χ1v) is 8.41. The maximum Gasteiger partial charge on any atom is 0.319 e. The molecule has 0 fully saturated rings. The lowest BCUT2D eigenvalue weighted by Gasteiger charge is -2.17. The van der Waals surface area contributed by atoms with Crippen LogP contribution in [0.2, 0.25) is 0 Å². The van der Waals surface area contributed by atoms with E-state index in [1.54, 1.807) is 14.0 Å². The Hall–Kier alpha value is -2.42. The zero-order valence-corrected chi connectivity index (χ0v) is 15.1. The van der Waals surface area contributed by atoms with Gasteiger partial charge in [0.25, 0.3) is 5.91 Å². The van der Waals surface area contributed by atoms with E-state index in [1.807, 2.05) is 13.8 Å². The largest absolute Gasteiger partial charge is 0.334 e. The fourth-order valence-corrected chi connectivity index (χ4v) is 4.05. The Morgan fingerprint density at radius 3 is 2.72 bits per heavy atom. The number of aromatic nitrogens is 4. The highest BCUT2D eigenvalue weighted by Gasteiger charge is 2.23. The highest BCUT2D eigenvalue weighted by atomic mass is 32.1. The molecule has 0 aliphatic rings. The first kappa shape index (κ1) is 17.4. The fraction of sp³-hybridized carbons (Fsp3) is 0.375. The van der Waals surface area contributed by atoms with Crippen LogP contribution in [-0.4, -0.2) is 37.4 Å². The van der Waals surface area contributed by atoms with Crippen LogP contribution >= 0.6 is 11.3 Å². The molecule has 6 nitrogen and oxygen atoms in total. The number of fused-ring (bicyclic) bond motifs is 1. The van der Waals surface area contributed by atoms with Gasteiger partial charge in [0.05, 0.1) is 11.4 Å². The normalized spacial score (nSPS) is 11.5. The summed E-state index contributed by atoms with van der Waals surface area (Å²) in [4.78, 5) is 28.1. The lowest BCUT2D eigenvalue weighted by molar-refractivity contribution is 0.0613.